The van der Waals surface area contributed by atoms with Gasteiger partial charge in [-0.1, -0.05) is 60.8 Å². The number of hydrogen-bond donors (Lipinski definition) is 0. The molecule has 0 fully saturated rings. The molecule has 0 nitrogen and oxygen atoms in total. The molecule has 0 aliphatic heterocycles. The van der Waals surface area contributed by atoms with Crippen LogP contribution in [0.1, 0.15) is 38.5 Å². The van der Waals surface area contributed by atoms with Crippen LogP contribution in [0, 0.1) is 0 Å². The molecule has 0 spiro atoms. The lowest BCUT2D eigenvalue weighted by atomic mass is 10.1. The van der Waals surface area contributed by atoms with Crippen molar-refractivity contribution in [3.05, 3.63) is 60.8 Å². The fourth-order valence-electron chi connectivity index (χ4n) is 1.54. The fraction of sp³-hybridized carbons (Fsp3) is 0.375. The lowest BCUT2D eigenvalue weighted by Crippen LogP contribution is -1.74. The van der Waals surface area contributed by atoms with Crippen LogP contribution in [0.3, 0.4) is 0 Å². The van der Waals surface area contributed by atoms with Crippen molar-refractivity contribution in [3.8, 4) is 0 Å². The van der Waals surface area contributed by atoms with Gasteiger partial charge < -0.3 is 0 Å². The quantitative estimate of drug-likeness (QED) is 0.525. The van der Waals surface area contributed by atoms with Crippen molar-refractivity contribution < 1.29 is 0 Å². The molecule has 0 heterocycles. The Kier molecular flexibility index (Phi) is 8.16. The summed E-state index contributed by atoms with van der Waals surface area (Å²) in [6, 6.07) is 0. The zero-order valence-electron chi connectivity index (χ0n) is 10.0. The van der Waals surface area contributed by atoms with Gasteiger partial charge in [0.2, 0.25) is 0 Å². The number of rotatable bonds is 0. The second kappa shape index (κ2) is 10.2. The van der Waals surface area contributed by atoms with E-state index in [1.807, 2.05) is 0 Å². The molecule has 0 radical (unpaired) electrons. The SMILES string of the molecule is C1=C/C=C\CCC=C1.C1=CCCCCC=C1. The Morgan fingerprint density at radius 2 is 0.750 bits per heavy atom. The van der Waals surface area contributed by atoms with Crippen LogP contribution in [0.2, 0.25) is 0 Å². The highest BCUT2D eigenvalue weighted by Gasteiger charge is 1.84. The van der Waals surface area contributed by atoms with Gasteiger partial charge in [-0.25, -0.2) is 0 Å². The molecule has 2 rings (SSSR count). The fourth-order valence-corrected chi connectivity index (χ4v) is 1.54. The van der Waals surface area contributed by atoms with Gasteiger partial charge in [-0.15, -0.1) is 0 Å². The first-order valence-corrected chi connectivity index (χ1v) is 6.30. The molecule has 0 aromatic carbocycles. The number of hydrogen-bond acceptors (Lipinski definition) is 0. The molecule has 0 amide bonds. The van der Waals surface area contributed by atoms with E-state index in [-0.39, 0.29) is 0 Å². The van der Waals surface area contributed by atoms with Gasteiger partial charge in [0.05, 0.1) is 0 Å². The van der Waals surface area contributed by atoms with Crippen molar-refractivity contribution in [2.24, 2.45) is 0 Å². The Bertz CT molecular complexity index is 257. The molecule has 0 saturated carbocycles. The minimum Gasteiger partial charge on any atom is -0.0845 e. The van der Waals surface area contributed by atoms with Gasteiger partial charge in [-0.05, 0) is 38.5 Å². The van der Waals surface area contributed by atoms with Crippen molar-refractivity contribution in [1.29, 1.82) is 0 Å². The maximum Gasteiger partial charge on any atom is -0.0313 e. The maximum absolute atomic E-state index is 2.23. The average molecular weight is 214 g/mol. The molecule has 0 aromatic heterocycles. The van der Waals surface area contributed by atoms with E-state index >= 15 is 0 Å². The van der Waals surface area contributed by atoms with Crippen molar-refractivity contribution in [1.82, 2.24) is 0 Å². The van der Waals surface area contributed by atoms with Gasteiger partial charge >= 0.3 is 0 Å². The van der Waals surface area contributed by atoms with E-state index in [9.17, 15) is 0 Å². The van der Waals surface area contributed by atoms with E-state index in [0.717, 1.165) is 0 Å². The normalized spacial score (nSPS) is 21.0. The van der Waals surface area contributed by atoms with Crippen molar-refractivity contribution >= 4 is 0 Å². The van der Waals surface area contributed by atoms with E-state index in [4.69, 9.17) is 0 Å². The Labute approximate surface area is 99.8 Å². The van der Waals surface area contributed by atoms with Gasteiger partial charge in [0, 0.05) is 0 Å². The first-order chi connectivity index (χ1) is 8.00. The highest BCUT2D eigenvalue weighted by molar-refractivity contribution is 5.13. The van der Waals surface area contributed by atoms with E-state index in [1.54, 1.807) is 0 Å². The van der Waals surface area contributed by atoms with Crippen LogP contribution < -0.4 is 0 Å². The summed E-state index contributed by atoms with van der Waals surface area (Å²) < 4.78 is 0. The lowest BCUT2D eigenvalue weighted by Gasteiger charge is -1.94. The Morgan fingerprint density at radius 1 is 0.375 bits per heavy atom. The molecule has 2 aliphatic carbocycles. The highest BCUT2D eigenvalue weighted by Crippen LogP contribution is 2.04. The van der Waals surface area contributed by atoms with Gasteiger partial charge in [0.15, 0.2) is 0 Å². The molecule has 0 heteroatoms. The van der Waals surface area contributed by atoms with E-state index in [1.165, 1.54) is 38.5 Å². The third-order valence-electron chi connectivity index (χ3n) is 2.48. The Hall–Kier alpha value is -1.30. The minimum atomic E-state index is 1.18. The van der Waals surface area contributed by atoms with Gasteiger partial charge in [0.25, 0.3) is 0 Å². The summed E-state index contributed by atoms with van der Waals surface area (Å²) in [4.78, 5) is 0. The molecular weight excluding hydrogens is 192 g/mol. The molecule has 16 heavy (non-hydrogen) atoms. The molecule has 0 bridgehead atoms. The highest BCUT2D eigenvalue weighted by atomic mass is 13.9. The lowest BCUT2D eigenvalue weighted by molar-refractivity contribution is 0.758. The standard InChI is InChI=1S/C8H12.C8H10/c2*1-2-4-6-8-7-5-3-1/h1-4H,5-8H2;1-6H,7-8H2/b;2-1?,5-3-,6-4?. The van der Waals surface area contributed by atoms with Crippen molar-refractivity contribution in [3.63, 3.8) is 0 Å². The molecule has 2 aliphatic rings. The second-order valence-electron chi connectivity index (χ2n) is 3.96. The summed E-state index contributed by atoms with van der Waals surface area (Å²) in [5, 5.41) is 0. The van der Waals surface area contributed by atoms with Gasteiger partial charge in [-0.2, -0.15) is 0 Å². The Balaban J connectivity index is 0.000000160. The third kappa shape index (κ3) is 8.05. The molecule has 0 aromatic rings. The average Bonchev–Trinajstić information content (AvgIpc) is 2.15. The summed E-state index contributed by atoms with van der Waals surface area (Å²) in [6.45, 7) is 0. The first-order valence-electron chi connectivity index (χ1n) is 6.30. The van der Waals surface area contributed by atoms with Crippen molar-refractivity contribution in [2.45, 2.75) is 38.5 Å². The van der Waals surface area contributed by atoms with Crippen LogP contribution in [0.4, 0.5) is 0 Å². The zero-order chi connectivity index (χ0) is 11.3. The summed E-state index contributed by atoms with van der Waals surface area (Å²) in [7, 11) is 0. The largest absolute Gasteiger partial charge is 0.0845 e. The molecule has 0 saturated heterocycles. The van der Waals surface area contributed by atoms with Crippen LogP contribution in [-0.4, -0.2) is 0 Å². The van der Waals surface area contributed by atoms with Gasteiger partial charge in [-0.3, -0.25) is 0 Å². The van der Waals surface area contributed by atoms with Crippen LogP contribution in [0.15, 0.2) is 60.8 Å². The predicted molar refractivity (Wildman–Crippen MR) is 73.4 cm³/mol. The molecule has 0 unspecified atom stereocenters. The molecule has 86 valence electrons. The smallest absolute Gasteiger partial charge is 0.0313 e. The molecular formula is C16H22. The van der Waals surface area contributed by atoms with Crippen LogP contribution in [0.5, 0.6) is 0 Å². The monoisotopic (exact) mass is 214 g/mol. The topological polar surface area (TPSA) is 0 Å². The van der Waals surface area contributed by atoms with E-state index in [2.05, 4.69) is 60.8 Å². The molecule has 0 atom stereocenters. The maximum atomic E-state index is 2.23. The van der Waals surface area contributed by atoms with E-state index in [0.29, 0.717) is 0 Å². The minimum absolute atomic E-state index is 1.18. The van der Waals surface area contributed by atoms with Crippen LogP contribution >= 0.6 is 0 Å². The Morgan fingerprint density at radius 3 is 1.25 bits per heavy atom. The summed E-state index contributed by atoms with van der Waals surface area (Å²) in [5.41, 5.74) is 0. The first kappa shape index (κ1) is 12.8. The van der Waals surface area contributed by atoms with Gasteiger partial charge in [0.1, 0.15) is 0 Å². The molecule has 0 N–H and O–H groups in total. The third-order valence-corrected chi connectivity index (χ3v) is 2.48. The zero-order valence-corrected chi connectivity index (χ0v) is 10.0. The van der Waals surface area contributed by atoms with Crippen LogP contribution in [-0.2, 0) is 0 Å². The van der Waals surface area contributed by atoms with Crippen LogP contribution in [0.25, 0.3) is 0 Å². The second-order valence-corrected chi connectivity index (χ2v) is 3.96. The summed E-state index contributed by atoms with van der Waals surface area (Å²) in [5.74, 6) is 0. The summed E-state index contributed by atoms with van der Waals surface area (Å²) >= 11 is 0. The van der Waals surface area contributed by atoms with E-state index < -0.39 is 0 Å². The summed E-state index contributed by atoms with van der Waals surface area (Å²) in [6.07, 6.45) is 29.0. The van der Waals surface area contributed by atoms with Crippen molar-refractivity contribution in [2.75, 3.05) is 0 Å². The number of allylic oxidation sites excluding steroid dienone is 10. The predicted octanol–water partition coefficient (Wildman–Crippen LogP) is 5.12.